The largest absolute Gasteiger partial charge is 0.478 e. The number of aromatic nitrogens is 1. The zero-order valence-corrected chi connectivity index (χ0v) is 13.8. The van der Waals surface area contributed by atoms with E-state index in [9.17, 15) is 19.7 Å². The number of hydrogen-bond acceptors (Lipinski definition) is 5. The molecule has 0 unspecified atom stereocenters. The third kappa shape index (κ3) is 3.37. The van der Waals surface area contributed by atoms with Gasteiger partial charge in [0.1, 0.15) is 0 Å². The molecule has 0 saturated carbocycles. The number of carbonyl (C=O) groups is 1. The van der Waals surface area contributed by atoms with Gasteiger partial charge in [0.25, 0.3) is 17.2 Å². The third-order valence-electron chi connectivity index (χ3n) is 3.71. The number of aryl methyl sites for hydroxylation is 2. The molecule has 1 N–H and O–H groups in total. The number of rotatable bonds is 6. The summed E-state index contributed by atoms with van der Waals surface area (Å²) in [5.74, 6) is -0.389. The Balaban J connectivity index is 2.65. The Hall–Kier alpha value is -2.90. The summed E-state index contributed by atoms with van der Waals surface area (Å²) < 4.78 is 6.67. The van der Waals surface area contributed by atoms with Crippen molar-refractivity contribution in [1.82, 2.24) is 9.88 Å². The van der Waals surface area contributed by atoms with Crippen molar-refractivity contribution in [3.05, 3.63) is 44.2 Å². The minimum absolute atomic E-state index is 0.0171. The molecule has 0 atom stereocenters. The molecule has 0 bridgehead atoms. The quantitative estimate of drug-likeness (QED) is 0.638. The first-order valence-electron chi connectivity index (χ1n) is 7.53. The van der Waals surface area contributed by atoms with Gasteiger partial charge in [0, 0.05) is 31.6 Å². The molecule has 0 saturated heterocycles. The van der Waals surface area contributed by atoms with Crippen molar-refractivity contribution in [2.75, 3.05) is 13.7 Å². The Kier molecular flexibility index (Phi) is 5.18. The van der Waals surface area contributed by atoms with E-state index in [1.807, 2.05) is 6.92 Å². The van der Waals surface area contributed by atoms with Gasteiger partial charge in [-0.3, -0.25) is 19.7 Å². The third-order valence-corrected chi connectivity index (χ3v) is 3.71. The molecule has 2 rings (SSSR count). The van der Waals surface area contributed by atoms with Gasteiger partial charge in [0.05, 0.1) is 10.4 Å². The topological polar surface area (TPSA) is 103 Å². The SMILES string of the molecule is CCCc1cc([N+](=O)[O-])cc2cc(OCC(=O)NC)c(=O)n(C)c12. The Morgan fingerprint density at radius 1 is 1.38 bits per heavy atom. The number of nitro benzene ring substituents is 1. The van der Waals surface area contributed by atoms with E-state index in [2.05, 4.69) is 5.32 Å². The van der Waals surface area contributed by atoms with Crippen LogP contribution in [0.5, 0.6) is 5.75 Å². The molecule has 8 heteroatoms. The van der Waals surface area contributed by atoms with Crippen molar-refractivity contribution in [2.45, 2.75) is 19.8 Å². The summed E-state index contributed by atoms with van der Waals surface area (Å²) in [6.45, 7) is 1.66. The van der Waals surface area contributed by atoms with Gasteiger partial charge in [-0.25, -0.2) is 0 Å². The second-order valence-electron chi connectivity index (χ2n) is 5.38. The van der Waals surface area contributed by atoms with E-state index in [0.29, 0.717) is 17.3 Å². The number of nitrogens with one attached hydrogen (secondary N) is 1. The molecular formula is C16H19N3O5. The zero-order valence-electron chi connectivity index (χ0n) is 13.8. The molecule has 0 radical (unpaired) electrons. The molecule has 128 valence electrons. The number of nitrogens with zero attached hydrogens (tertiary/aromatic N) is 2. The normalized spacial score (nSPS) is 10.6. The predicted molar refractivity (Wildman–Crippen MR) is 89.4 cm³/mol. The maximum Gasteiger partial charge on any atom is 0.293 e. The van der Waals surface area contributed by atoms with Gasteiger partial charge in [-0.1, -0.05) is 13.3 Å². The summed E-state index contributed by atoms with van der Waals surface area (Å²) in [5, 5.41) is 14.1. The van der Waals surface area contributed by atoms with Gasteiger partial charge in [-0.05, 0) is 18.1 Å². The second kappa shape index (κ2) is 7.12. The van der Waals surface area contributed by atoms with Gasteiger partial charge in [-0.15, -0.1) is 0 Å². The summed E-state index contributed by atoms with van der Waals surface area (Å²) >= 11 is 0. The molecule has 1 amide bonds. The van der Waals surface area contributed by atoms with E-state index in [-0.39, 0.29) is 24.0 Å². The summed E-state index contributed by atoms with van der Waals surface area (Å²) in [6, 6.07) is 4.35. The maximum atomic E-state index is 12.4. The fourth-order valence-electron chi connectivity index (χ4n) is 2.57. The minimum Gasteiger partial charge on any atom is -0.478 e. The van der Waals surface area contributed by atoms with Crippen LogP contribution in [0.2, 0.25) is 0 Å². The molecule has 0 aliphatic heterocycles. The average molecular weight is 333 g/mol. The van der Waals surface area contributed by atoms with Crippen LogP contribution in [-0.4, -0.2) is 29.1 Å². The van der Waals surface area contributed by atoms with E-state index in [4.69, 9.17) is 4.74 Å². The number of fused-ring (bicyclic) bond motifs is 1. The lowest BCUT2D eigenvalue weighted by atomic mass is 10.0. The van der Waals surface area contributed by atoms with Crippen LogP contribution in [0.3, 0.4) is 0 Å². The van der Waals surface area contributed by atoms with Gasteiger partial charge >= 0.3 is 0 Å². The number of amides is 1. The number of likely N-dealkylation sites (N-methyl/N-ethyl adjacent to an activating group) is 1. The maximum absolute atomic E-state index is 12.4. The van der Waals surface area contributed by atoms with Crippen molar-refractivity contribution >= 4 is 22.5 Å². The van der Waals surface area contributed by atoms with Crippen molar-refractivity contribution in [1.29, 1.82) is 0 Å². The van der Waals surface area contributed by atoms with Crippen LogP contribution < -0.4 is 15.6 Å². The highest BCUT2D eigenvalue weighted by Gasteiger charge is 2.17. The molecule has 0 aliphatic rings. The van der Waals surface area contributed by atoms with Crippen LogP contribution in [-0.2, 0) is 18.3 Å². The minimum atomic E-state index is -0.464. The zero-order chi connectivity index (χ0) is 17.9. The van der Waals surface area contributed by atoms with Gasteiger partial charge in [0.2, 0.25) is 0 Å². The standard InChI is InChI=1S/C16H19N3O5/c1-4-5-10-6-12(19(22)23)7-11-8-13(24-9-14(20)17-2)16(21)18(3)15(10)11/h6-8H,4-5,9H2,1-3H3,(H,17,20). The Bertz CT molecular complexity index is 857. The monoisotopic (exact) mass is 333 g/mol. The number of pyridine rings is 1. The molecule has 24 heavy (non-hydrogen) atoms. The van der Waals surface area contributed by atoms with Crippen molar-refractivity contribution < 1.29 is 14.5 Å². The number of hydrogen-bond donors (Lipinski definition) is 1. The van der Waals surface area contributed by atoms with Gasteiger partial charge in [0.15, 0.2) is 12.4 Å². The van der Waals surface area contributed by atoms with Gasteiger partial charge in [-0.2, -0.15) is 0 Å². The highest BCUT2D eigenvalue weighted by molar-refractivity contribution is 5.86. The van der Waals surface area contributed by atoms with Gasteiger partial charge < -0.3 is 14.6 Å². The molecule has 1 aromatic heterocycles. The number of benzene rings is 1. The van der Waals surface area contributed by atoms with Crippen LogP contribution in [0.4, 0.5) is 5.69 Å². The van der Waals surface area contributed by atoms with Crippen LogP contribution in [0, 0.1) is 10.1 Å². The lowest BCUT2D eigenvalue weighted by Crippen LogP contribution is -2.28. The predicted octanol–water partition coefficient (Wildman–Crippen LogP) is 1.52. The fourth-order valence-corrected chi connectivity index (χ4v) is 2.57. The highest BCUT2D eigenvalue weighted by atomic mass is 16.6. The Morgan fingerprint density at radius 3 is 2.67 bits per heavy atom. The van der Waals surface area contributed by atoms with Crippen LogP contribution in [0.25, 0.3) is 10.9 Å². The number of ether oxygens (including phenoxy) is 1. The van der Waals surface area contributed by atoms with E-state index in [0.717, 1.165) is 12.0 Å². The van der Waals surface area contributed by atoms with Crippen LogP contribution in [0.15, 0.2) is 23.0 Å². The first kappa shape index (κ1) is 17.5. The van der Waals surface area contributed by atoms with Crippen LogP contribution >= 0.6 is 0 Å². The summed E-state index contributed by atoms with van der Waals surface area (Å²) in [6.07, 6.45) is 1.41. The molecule has 0 spiro atoms. The van der Waals surface area contributed by atoms with E-state index in [1.165, 1.54) is 29.8 Å². The molecule has 1 heterocycles. The molecule has 0 aliphatic carbocycles. The summed E-state index contributed by atoms with van der Waals surface area (Å²) in [4.78, 5) is 34.4. The molecule has 0 fully saturated rings. The highest BCUT2D eigenvalue weighted by Crippen LogP contribution is 2.27. The first-order valence-corrected chi connectivity index (χ1v) is 7.53. The van der Waals surface area contributed by atoms with E-state index < -0.39 is 10.5 Å². The first-order chi connectivity index (χ1) is 11.4. The molecular weight excluding hydrogens is 314 g/mol. The molecule has 2 aromatic rings. The van der Waals surface area contributed by atoms with Crippen molar-refractivity contribution in [2.24, 2.45) is 7.05 Å². The summed E-state index contributed by atoms with van der Waals surface area (Å²) in [7, 11) is 3.05. The van der Waals surface area contributed by atoms with Crippen molar-refractivity contribution in [3.8, 4) is 5.75 Å². The van der Waals surface area contributed by atoms with Crippen molar-refractivity contribution in [3.63, 3.8) is 0 Å². The fraction of sp³-hybridized carbons (Fsp3) is 0.375. The Labute approximate surface area is 138 Å². The summed E-state index contributed by atoms with van der Waals surface area (Å²) in [5.41, 5.74) is 0.943. The average Bonchev–Trinajstić information content (AvgIpc) is 2.56. The van der Waals surface area contributed by atoms with E-state index in [1.54, 1.807) is 7.05 Å². The Morgan fingerprint density at radius 2 is 2.08 bits per heavy atom. The lowest BCUT2D eigenvalue weighted by Gasteiger charge is -2.13. The lowest BCUT2D eigenvalue weighted by molar-refractivity contribution is -0.384. The number of carbonyl (C=O) groups excluding carboxylic acids is 1. The number of nitro groups is 1. The smallest absolute Gasteiger partial charge is 0.293 e. The van der Waals surface area contributed by atoms with E-state index >= 15 is 0 Å². The second-order valence-corrected chi connectivity index (χ2v) is 5.38. The number of non-ortho nitro benzene ring substituents is 1. The molecule has 8 nitrogen and oxygen atoms in total. The van der Waals surface area contributed by atoms with Crippen LogP contribution in [0.1, 0.15) is 18.9 Å². The molecule has 1 aromatic carbocycles.